The van der Waals surface area contributed by atoms with Gasteiger partial charge in [0.2, 0.25) is 5.91 Å². The van der Waals surface area contributed by atoms with Crippen molar-refractivity contribution in [3.05, 3.63) is 65.5 Å². The zero-order valence-electron chi connectivity index (χ0n) is 17.8. The number of ketones is 1. The fourth-order valence-corrected chi connectivity index (χ4v) is 3.72. The molecule has 0 atom stereocenters. The summed E-state index contributed by atoms with van der Waals surface area (Å²) in [6, 6.07) is 11.2. The number of thioether (sulfide) groups is 1. The minimum atomic E-state index is -4.46. The van der Waals surface area contributed by atoms with Crippen LogP contribution in [0, 0.1) is 0 Å². The van der Waals surface area contributed by atoms with Crippen molar-refractivity contribution in [2.45, 2.75) is 38.3 Å². The normalized spacial score (nSPS) is 11.3. The second-order valence-electron chi connectivity index (χ2n) is 6.93. The predicted molar refractivity (Wildman–Crippen MR) is 117 cm³/mol. The van der Waals surface area contributed by atoms with E-state index in [1.165, 1.54) is 19.1 Å². The molecule has 0 fully saturated rings. The Balaban J connectivity index is 1.60. The van der Waals surface area contributed by atoms with Crippen LogP contribution in [0.2, 0.25) is 0 Å². The van der Waals surface area contributed by atoms with E-state index in [1.54, 1.807) is 28.8 Å². The summed E-state index contributed by atoms with van der Waals surface area (Å²) in [7, 11) is 0. The topological polar surface area (TPSA) is 86.1 Å². The van der Waals surface area contributed by atoms with Crippen LogP contribution in [-0.2, 0) is 24.1 Å². The number of amides is 1. The first kappa shape index (κ1) is 24.3. The van der Waals surface area contributed by atoms with Gasteiger partial charge in [0.15, 0.2) is 16.8 Å². The fraction of sp³-hybridized carbons (Fsp3) is 0.273. The summed E-state index contributed by atoms with van der Waals surface area (Å²) in [6.45, 7) is 3.71. The number of Topliss-reactive ketones (excluding diaryl/α,β-unsaturated/α-hetero) is 1. The zero-order chi connectivity index (χ0) is 24.0. The number of carbonyl (C=O) groups is 2. The third-order valence-corrected chi connectivity index (χ3v) is 5.49. The summed E-state index contributed by atoms with van der Waals surface area (Å²) in [5.74, 6) is 0.157. The van der Waals surface area contributed by atoms with Crippen LogP contribution in [0.5, 0.6) is 5.75 Å². The van der Waals surface area contributed by atoms with E-state index in [0.29, 0.717) is 28.8 Å². The Labute approximate surface area is 192 Å². The van der Waals surface area contributed by atoms with Crippen molar-refractivity contribution in [1.82, 2.24) is 14.8 Å². The summed E-state index contributed by atoms with van der Waals surface area (Å²) in [6.07, 6.45) is -4.46. The summed E-state index contributed by atoms with van der Waals surface area (Å²) in [5.41, 5.74) is 0.213. The maximum absolute atomic E-state index is 12.9. The number of alkyl halides is 3. The van der Waals surface area contributed by atoms with Crippen LogP contribution in [0.1, 0.15) is 35.6 Å². The lowest BCUT2D eigenvalue weighted by molar-refractivity contribution is -0.137. The van der Waals surface area contributed by atoms with Gasteiger partial charge < -0.3 is 14.6 Å². The molecule has 1 N–H and O–H groups in total. The molecule has 0 aliphatic heterocycles. The lowest BCUT2D eigenvalue weighted by Crippen LogP contribution is -2.15. The first-order valence-corrected chi connectivity index (χ1v) is 10.9. The van der Waals surface area contributed by atoms with Crippen molar-refractivity contribution in [3.8, 4) is 5.75 Å². The second-order valence-corrected chi connectivity index (χ2v) is 7.87. The minimum Gasteiger partial charge on any atom is -0.486 e. The third kappa shape index (κ3) is 6.58. The molecule has 11 heteroatoms. The highest BCUT2D eigenvalue weighted by Crippen LogP contribution is 2.31. The van der Waals surface area contributed by atoms with Crippen LogP contribution in [0.25, 0.3) is 0 Å². The molecule has 1 amide bonds. The van der Waals surface area contributed by atoms with Gasteiger partial charge in [-0.25, -0.2) is 0 Å². The summed E-state index contributed by atoms with van der Waals surface area (Å²) < 4.78 is 45.8. The van der Waals surface area contributed by atoms with E-state index in [4.69, 9.17) is 4.74 Å². The minimum absolute atomic E-state index is 0.0525. The number of halogens is 3. The van der Waals surface area contributed by atoms with Crippen LogP contribution < -0.4 is 10.1 Å². The summed E-state index contributed by atoms with van der Waals surface area (Å²) >= 11 is 1.16. The van der Waals surface area contributed by atoms with Gasteiger partial charge in [0.05, 0.1) is 11.3 Å². The largest absolute Gasteiger partial charge is 0.486 e. The molecule has 0 aliphatic rings. The molecule has 174 valence electrons. The number of nitrogens with zero attached hydrogens (tertiary/aromatic N) is 3. The Morgan fingerprint density at radius 1 is 1.12 bits per heavy atom. The molecule has 0 saturated carbocycles. The van der Waals surface area contributed by atoms with Gasteiger partial charge in [-0.05, 0) is 44.2 Å². The van der Waals surface area contributed by atoms with Gasteiger partial charge in [0.1, 0.15) is 12.4 Å². The third-order valence-electron chi connectivity index (χ3n) is 4.52. The van der Waals surface area contributed by atoms with E-state index in [-0.39, 0.29) is 29.8 Å². The fourth-order valence-electron chi connectivity index (χ4n) is 2.90. The van der Waals surface area contributed by atoms with Gasteiger partial charge in [0.25, 0.3) is 0 Å². The zero-order valence-corrected chi connectivity index (χ0v) is 18.7. The number of benzene rings is 2. The predicted octanol–water partition coefficient (Wildman–Crippen LogP) is 4.83. The Bertz CT molecular complexity index is 1150. The molecule has 3 rings (SSSR count). The molecule has 3 aromatic rings. The lowest BCUT2D eigenvalue weighted by Gasteiger charge is -2.11. The van der Waals surface area contributed by atoms with Crippen molar-refractivity contribution >= 4 is 29.1 Å². The first-order valence-electron chi connectivity index (χ1n) is 9.93. The van der Waals surface area contributed by atoms with Crippen molar-refractivity contribution < 1.29 is 27.5 Å². The number of hydrogen-bond donors (Lipinski definition) is 1. The van der Waals surface area contributed by atoms with Crippen molar-refractivity contribution in [2.75, 3.05) is 11.1 Å². The molecule has 33 heavy (non-hydrogen) atoms. The van der Waals surface area contributed by atoms with Gasteiger partial charge in [-0.3, -0.25) is 9.59 Å². The van der Waals surface area contributed by atoms with Crippen LogP contribution in [0.4, 0.5) is 18.9 Å². The molecule has 0 unspecified atom stereocenters. The molecule has 0 bridgehead atoms. The Kier molecular flexibility index (Phi) is 7.75. The van der Waals surface area contributed by atoms with E-state index >= 15 is 0 Å². The quantitative estimate of drug-likeness (QED) is 0.350. The molecule has 7 nitrogen and oxygen atoms in total. The van der Waals surface area contributed by atoms with E-state index in [2.05, 4.69) is 15.5 Å². The average Bonchev–Trinajstić information content (AvgIpc) is 3.18. The number of ether oxygens (including phenoxy) is 1. The average molecular weight is 478 g/mol. The number of hydrogen-bond acceptors (Lipinski definition) is 6. The molecular weight excluding hydrogens is 457 g/mol. The maximum Gasteiger partial charge on any atom is 0.416 e. The van der Waals surface area contributed by atoms with Crippen LogP contribution in [-0.4, -0.2) is 32.2 Å². The first-order chi connectivity index (χ1) is 15.7. The smallest absolute Gasteiger partial charge is 0.416 e. The highest BCUT2D eigenvalue weighted by atomic mass is 32.2. The Hall–Kier alpha value is -3.34. The van der Waals surface area contributed by atoms with E-state index < -0.39 is 11.7 Å². The van der Waals surface area contributed by atoms with Crippen molar-refractivity contribution in [2.24, 2.45) is 0 Å². The summed E-state index contributed by atoms with van der Waals surface area (Å²) in [5, 5.41) is 11.3. The Morgan fingerprint density at radius 3 is 2.58 bits per heavy atom. The van der Waals surface area contributed by atoms with Crippen LogP contribution in [0.3, 0.4) is 0 Å². The Morgan fingerprint density at radius 2 is 1.88 bits per heavy atom. The van der Waals surface area contributed by atoms with E-state index in [0.717, 1.165) is 23.9 Å². The molecule has 0 saturated heterocycles. The number of carbonyl (C=O) groups excluding carboxylic acids is 2. The highest BCUT2D eigenvalue weighted by molar-refractivity contribution is 7.99. The molecule has 0 radical (unpaired) electrons. The van der Waals surface area contributed by atoms with Crippen molar-refractivity contribution in [3.63, 3.8) is 0 Å². The van der Waals surface area contributed by atoms with Gasteiger partial charge in [-0.1, -0.05) is 30.0 Å². The van der Waals surface area contributed by atoms with Gasteiger partial charge in [0, 0.05) is 17.8 Å². The lowest BCUT2D eigenvalue weighted by atomic mass is 10.1. The molecule has 2 aromatic carbocycles. The van der Waals surface area contributed by atoms with Crippen molar-refractivity contribution in [1.29, 1.82) is 0 Å². The van der Waals surface area contributed by atoms with Gasteiger partial charge >= 0.3 is 6.18 Å². The van der Waals surface area contributed by atoms with E-state index in [1.807, 2.05) is 6.92 Å². The summed E-state index contributed by atoms with van der Waals surface area (Å²) in [4.78, 5) is 23.8. The number of rotatable bonds is 9. The SMILES string of the molecule is CCn1c(COc2cccc(C(F)(F)F)c2)nnc1SCC(=O)Nc1cccc(C(C)=O)c1. The molecular formula is C22H21F3N4O3S. The molecule has 1 aromatic heterocycles. The van der Waals surface area contributed by atoms with Gasteiger partial charge in [-0.15, -0.1) is 10.2 Å². The molecule has 0 spiro atoms. The van der Waals surface area contributed by atoms with Gasteiger partial charge in [-0.2, -0.15) is 13.2 Å². The standard InChI is InChI=1S/C22H21F3N4O3S/c1-3-29-19(12-32-18-9-5-7-16(11-18)22(23,24)25)27-28-21(29)33-13-20(31)26-17-8-4-6-15(10-17)14(2)30/h4-11H,3,12-13H2,1-2H3,(H,26,31). The van der Waals surface area contributed by atoms with Crippen LogP contribution in [0.15, 0.2) is 53.7 Å². The molecule has 0 aliphatic carbocycles. The van der Waals surface area contributed by atoms with Crippen LogP contribution >= 0.6 is 11.8 Å². The second kappa shape index (κ2) is 10.5. The number of aromatic nitrogens is 3. The monoisotopic (exact) mass is 478 g/mol. The highest BCUT2D eigenvalue weighted by Gasteiger charge is 2.30. The molecule has 1 heterocycles. The van der Waals surface area contributed by atoms with E-state index in [9.17, 15) is 22.8 Å². The maximum atomic E-state index is 12.9. The number of anilines is 1. The number of nitrogens with one attached hydrogen (secondary N) is 1.